The minimum Gasteiger partial charge on any atom is -0.374 e. The quantitative estimate of drug-likeness (QED) is 0.898. The number of aryl methyl sites for hydroxylation is 3. The highest BCUT2D eigenvalue weighted by Crippen LogP contribution is 2.22. The number of anilines is 2. The molecular weight excluding hydrogens is 286 g/mol. The summed E-state index contributed by atoms with van der Waals surface area (Å²) in [5, 5.41) is 5.39. The Labute approximate surface area is 128 Å². The minimum atomic E-state index is -0.600. The first-order chi connectivity index (χ1) is 10.4. The van der Waals surface area contributed by atoms with E-state index in [0.717, 1.165) is 40.6 Å². The van der Waals surface area contributed by atoms with Gasteiger partial charge < -0.3 is 10.6 Å². The molecule has 0 radical (unpaired) electrons. The number of halogens is 2. The van der Waals surface area contributed by atoms with E-state index in [0.29, 0.717) is 0 Å². The highest BCUT2D eigenvalue weighted by atomic mass is 19.1. The molecule has 0 fully saturated rings. The standard InChI is InChI=1S/C17H18F2N2O/c1-10-6-11(2)17(12(3)7-10)21-16(22)9-20-15-8-13(18)4-5-14(15)19/h4-8,20H,9H2,1-3H3,(H,21,22). The Morgan fingerprint density at radius 1 is 1.05 bits per heavy atom. The molecule has 2 rings (SSSR count). The van der Waals surface area contributed by atoms with Crippen molar-refractivity contribution < 1.29 is 13.6 Å². The second-order valence-electron chi connectivity index (χ2n) is 5.30. The van der Waals surface area contributed by atoms with Gasteiger partial charge in [0.25, 0.3) is 0 Å². The maximum atomic E-state index is 13.5. The SMILES string of the molecule is Cc1cc(C)c(NC(=O)CNc2cc(F)ccc2F)c(C)c1. The van der Waals surface area contributed by atoms with Crippen LogP contribution in [-0.4, -0.2) is 12.5 Å². The van der Waals surface area contributed by atoms with Crippen LogP contribution >= 0.6 is 0 Å². The van der Waals surface area contributed by atoms with Gasteiger partial charge in [-0.2, -0.15) is 0 Å². The summed E-state index contributed by atoms with van der Waals surface area (Å²) in [6.07, 6.45) is 0. The molecule has 0 atom stereocenters. The van der Waals surface area contributed by atoms with Crippen molar-refractivity contribution >= 4 is 17.3 Å². The summed E-state index contributed by atoms with van der Waals surface area (Å²) in [6.45, 7) is 5.66. The van der Waals surface area contributed by atoms with E-state index in [9.17, 15) is 13.6 Å². The van der Waals surface area contributed by atoms with Crippen molar-refractivity contribution in [2.45, 2.75) is 20.8 Å². The zero-order valence-corrected chi connectivity index (χ0v) is 12.8. The molecule has 22 heavy (non-hydrogen) atoms. The van der Waals surface area contributed by atoms with Crippen LogP contribution in [0, 0.1) is 32.4 Å². The minimum absolute atomic E-state index is 0.0347. The van der Waals surface area contributed by atoms with Gasteiger partial charge in [-0.25, -0.2) is 8.78 Å². The van der Waals surface area contributed by atoms with Gasteiger partial charge in [-0.15, -0.1) is 0 Å². The van der Waals surface area contributed by atoms with E-state index in [-0.39, 0.29) is 18.1 Å². The molecule has 2 aromatic carbocycles. The Morgan fingerprint density at radius 2 is 1.68 bits per heavy atom. The first-order valence-corrected chi connectivity index (χ1v) is 6.93. The van der Waals surface area contributed by atoms with Gasteiger partial charge in [0.15, 0.2) is 0 Å². The van der Waals surface area contributed by atoms with E-state index < -0.39 is 11.6 Å². The summed E-state index contributed by atoms with van der Waals surface area (Å²) < 4.78 is 26.5. The number of hydrogen-bond acceptors (Lipinski definition) is 2. The van der Waals surface area contributed by atoms with Crippen molar-refractivity contribution in [2.75, 3.05) is 17.2 Å². The van der Waals surface area contributed by atoms with Crippen LogP contribution in [-0.2, 0) is 4.79 Å². The van der Waals surface area contributed by atoms with Gasteiger partial charge in [0, 0.05) is 5.69 Å². The van der Waals surface area contributed by atoms with Crippen molar-refractivity contribution in [1.82, 2.24) is 0 Å². The summed E-state index contributed by atoms with van der Waals surface area (Å²) in [5.41, 5.74) is 3.75. The molecular formula is C17H18F2N2O. The van der Waals surface area contributed by atoms with Crippen molar-refractivity contribution in [3.8, 4) is 0 Å². The van der Waals surface area contributed by atoms with Crippen LogP contribution < -0.4 is 10.6 Å². The fourth-order valence-electron chi connectivity index (χ4n) is 2.37. The van der Waals surface area contributed by atoms with E-state index in [4.69, 9.17) is 0 Å². The van der Waals surface area contributed by atoms with Crippen LogP contribution in [0.2, 0.25) is 0 Å². The van der Waals surface area contributed by atoms with Crippen LogP contribution in [0.15, 0.2) is 30.3 Å². The molecule has 3 nitrogen and oxygen atoms in total. The van der Waals surface area contributed by atoms with Gasteiger partial charge in [-0.05, 0) is 50.1 Å². The lowest BCUT2D eigenvalue weighted by Crippen LogP contribution is -2.23. The third kappa shape index (κ3) is 3.81. The molecule has 5 heteroatoms. The molecule has 0 saturated heterocycles. The van der Waals surface area contributed by atoms with E-state index in [1.165, 1.54) is 0 Å². The Bertz CT molecular complexity index is 691. The largest absolute Gasteiger partial charge is 0.374 e. The van der Waals surface area contributed by atoms with Crippen LogP contribution in [0.25, 0.3) is 0 Å². The molecule has 1 amide bonds. The number of carbonyl (C=O) groups excluding carboxylic acids is 1. The second kappa shape index (κ2) is 6.56. The van der Waals surface area contributed by atoms with Gasteiger partial charge in [0.1, 0.15) is 11.6 Å². The van der Waals surface area contributed by atoms with Gasteiger partial charge >= 0.3 is 0 Å². The topological polar surface area (TPSA) is 41.1 Å². The molecule has 2 aromatic rings. The van der Waals surface area contributed by atoms with Crippen molar-refractivity contribution in [1.29, 1.82) is 0 Å². The van der Waals surface area contributed by atoms with Crippen molar-refractivity contribution in [3.05, 3.63) is 58.7 Å². The predicted molar refractivity (Wildman–Crippen MR) is 84.1 cm³/mol. The Hall–Kier alpha value is -2.43. The zero-order chi connectivity index (χ0) is 16.3. The average Bonchev–Trinajstić information content (AvgIpc) is 2.44. The molecule has 0 aromatic heterocycles. The Kier molecular flexibility index (Phi) is 4.75. The first-order valence-electron chi connectivity index (χ1n) is 6.93. The lowest BCUT2D eigenvalue weighted by molar-refractivity contribution is -0.114. The molecule has 0 unspecified atom stereocenters. The summed E-state index contributed by atoms with van der Waals surface area (Å²) in [4.78, 5) is 12.0. The van der Waals surface area contributed by atoms with Gasteiger partial charge in [-0.3, -0.25) is 4.79 Å². The lowest BCUT2D eigenvalue weighted by Gasteiger charge is -2.13. The summed E-state index contributed by atoms with van der Waals surface area (Å²) in [7, 11) is 0. The molecule has 116 valence electrons. The summed E-state index contributed by atoms with van der Waals surface area (Å²) in [5.74, 6) is -1.48. The highest BCUT2D eigenvalue weighted by molar-refractivity contribution is 5.95. The number of carbonyl (C=O) groups is 1. The molecule has 2 N–H and O–H groups in total. The van der Waals surface area contributed by atoms with Crippen LogP contribution in [0.5, 0.6) is 0 Å². The molecule has 0 bridgehead atoms. The number of rotatable bonds is 4. The Balaban J connectivity index is 2.03. The summed E-state index contributed by atoms with van der Waals surface area (Å²) in [6, 6.07) is 7.01. The van der Waals surface area contributed by atoms with Gasteiger partial charge in [0.2, 0.25) is 5.91 Å². The lowest BCUT2D eigenvalue weighted by atomic mass is 10.1. The number of amides is 1. The molecule has 0 aliphatic heterocycles. The van der Waals surface area contributed by atoms with Crippen LogP contribution in [0.3, 0.4) is 0 Å². The zero-order valence-electron chi connectivity index (χ0n) is 12.8. The maximum absolute atomic E-state index is 13.5. The fraction of sp³-hybridized carbons (Fsp3) is 0.235. The monoisotopic (exact) mass is 304 g/mol. The number of hydrogen-bond donors (Lipinski definition) is 2. The third-order valence-corrected chi connectivity index (χ3v) is 3.31. The van der Waals surface area contributed by atoms with Gasteiger partial charge in [-0.1, -0.05) is 17.7 Å². The van der Waals surface area contributed by atoms with E-state index in [2.05, 4.69) is 10.6 Å². The predicted octanol–water partition coefficient (Wildman–Crippen LogP) is 3.94. The van der Waals surface area contributed by atoms with Crippen molar-refractivity contribution in [3.63, 3.8) is 0 Å². The molecule has 0 aliphatic carbocycles. The number of nitrogens with one attached hydrogen (secondary N) is 2. The maximum Gasteiger partial charge on any atom is 0.243 e. The molecule has 0 saturated carbocycles. The molecule has 0 spiro atoms. The molecule has 0 aliphatic rings. The highest BCUT2D eigenvalue weighted by Gasteiger charge is 2.10. The fourth-order valence-corrected chi connectivity index (χ4v) is 2.37. The average molecular weight is 304 g/mol. The normalized spacial score (nSPS) is 10.4. The third-order valence-electron chi connectivity index (χ3n) is 3.31. The van der Waals surface area contributed by atoms with Crippen molar-refractivity contribution in [2.24, 2.45) is 0 Å². The van der Waals surface area contributed by atoms with E-state index >= 15 is 0 Å². The number of benzene rings is 2. The van der Waals surface area contributed by atoms with Gasteiger partial charge in [0.05, 0.1) is 12.2 Å². The smallest absolute Gasteiger partial charge is 0.243 e. The first kappa shape index (κ1) is 15.9. The van der Waals surface area contributed by atoms with Crippen LogP contribution in [0.1, 0.15) is 16.7 Å². The summed E-state index contributed by atoms with van der Waals surface area (Å²) >= 11 is 0. The van der Waals surface area contributed by atoms with Crippen LogP contribution in [0.4, 0.5) is 20.2 Å². The molecule has 0 heterocycles. The second-order valence-corrected chi connectivity index (χ2v) is 5.30. The van der Waals surface area contributed by atoms with E-state index in [1.807, 2.05) is 32.9 Å². The Morgan fingerprint density at radius 3 is 2.32 bits per heavy atom. The van der Waals surface area contributed by atoms with E-state index in [1.54, 1.807) is 0 Å².